The lowest BCUT2D eigenvalue weighted by Crippen LogP contribution is -2.17. The Hall–Kier alpha value is -2.68. The number of nitrogens with one attached hydrogen (secondary N) is 1. The van der Waals surface area contributed by atoms with Crippen LogP contribution in [0.3, 0.4) is 0 Å². The van der Waals surface area contributed by atoms with Crippen LogP contribution < -0.4 is 15.2 Å². The molecule has 0 spiro atoms. The van der Waals surface area contributed by atoms with Crippen LogP contribution in [-0.2, 0) is 13.2 Å². The Morgan fingerprint density at radius 3 is 2.70 bits per heavy atom. The minimum absolute atomic E-state index is 0.0549. The maximum Gasteiger partial charge on any atom is 0.573 e. The molecule has 0 unspecified atom stereocenters. The second kappa shape index (κ2) is 5.84. The average Bonchev–Trinajstić information content (AvgIpc) is 3.11. The van der Waals surface area contributed by atoms with Crippen LogP contribution in [0.25, 0.3) is 10.9 Å². The summed E-state index contributed by atoms with van der Waals surface area (Å²) in [6, 6.07) is 5.87. The SMILES string of the molecule is NCc1cc2cc(OC(F)(F)F)c(OCc3ccon3)cc2[nH]1. The quantitative estimate of drug-likeness (QED) is 0.752. The van der Waals surface area contributed by atoms with Crippen LogP contribution >= 0.6 is 0 Å². The van der Waals surface area contributed by atoms with Gasteiger partial charge in [0.15, 0.2) is 11.5 Å². The van der Waals surface area contributed by atoms with Gasteiger partial charge in [0.1, 0.15) is 18.6 Å². The molecule has 122 valence electrons. The number of hydrogen-bond acceptors (Lipinski definition) is 5. The number of aromatic nitrogens is 2. The number of hydrogen-bond donors (Lipinski definition) is 2. The van der Waals surface area contributed by atoms with E-state index in [-0.39, 0.29) is 18.9 Å². The Bertz CT molecular complexity index is 797. The first-order valence-electron chi connectivity index (χ1n) is 6.58. The number of H-pyrrole nitrogens is 1. The first kappa shape index (κ1) is 15.2. The fourth-order valence-electron chi connectivity index (χ4n) is 2.09. The molecule has 23 heavy (non-hydrogen) atoms. The van der Waals surface area contributed by atoms with Gasteiger partial charge < -0.3 is 24.7 Å². The van der Waals surface area contributed by atoms with Crippen LogP contribution in [0.2, 0.25) is 0 Å². The van der Waals surface area contributed by atoms with Gasteiger partial charge in [-0.15, -0.1) is 13.2 Å². The highest BCUT2D eigenvalue weighted by atomic mass is 19.4. The molecule has 0 aliphatic carbocycles. The van der Waals surface area contributed by atoms with E-state index >= 15 is 0 Å². The predicted octanol–water partition coefficient (Wildman–Crippen LogP) is 3.09. The van der Waals surface area contributed by atoms with Crippen molar-refractivity contribution >= 4 is 10.9 Å². The van der Waals surface area contributed by atoms with Crippen molar-refractivity contribution in [2.75, 3.05) is 0 Å². The molecular weight excluding hydrogens is 315 g/mol. The van der Waals surface area contributed by atoms with Gasteiger partial charge in [0.2, 0.25) is 0 Å². The van der Waals surface area contributed by atoms with Crippen LogP contribution in [0.4, 0.5) is 13.2 Å². The summed E-state index contributed by atoms with van der Waals surface area (Å²) in [5.41, 5.74) is 7.24. The van der Waals surface area contributed by atoms with Gasteiger partial charge in [0.05, 0.1) is 0 Å². The molecule has 0 saturated carbocycles. The van der Waals surface area contributed by atoms with Gasteiger partial charge in [-0.25, -0.2) is 0 Å². The normalized spacial score (nSPS) is 11.8. The topological polar surface area (TPSA) is 86.3 Å². The zero-order valence-electron chi connectivity index (χ0n) is 11.7. The van der Waals surface area contributed by atoms with E-state index in [1.165, 1.54) is 18.4 Å². The van der Waals surface area contributed by atoms with Crippen LogP contribution in [0.1, 0.15) is 11.4 Å². The van der Waals surface area contributed by atoms with Crippen molar-refractivity contribution < 1.29 is 27.2 Å². The average molecular weight is 327 g/mol. The summed E-state index contributed by atoms with van der Waals surface area (Å²) in [5.74, 6) is -0.501. The van der Waals surface area contributed by atoms with Crippen molar-refractivity contribution in [1.29, 1.82) is 0 Å². The highest BCUT2D eigenvalue weighted by Gasteiger charge is 2.32. The Kier molecular flexibility index (Phi) is 3.87. The lowest BCUT2D eigenvalue weighted by molar-refractivity contribution is -0.275. The molecule has 2 aromatic heterocycles. The molecule has 0 saturated heterocycles. The lowest BCUT2D eigenvalue weighted by Gasteiger charge is -2.14. The molecule has 0 radical (unpaired) electrons. The van der Waals surface area contributed by atoms with Crippen molar-refractivity contribution in [2.24, 2.45) is 5.73 Å². The highest BCUT2D eigenvalue weighted by molar-refractivity contribution is 5.84. The number of rotatable bonds is 5. The van der Waals surface area contributed by atoms with Gasteiger partial charge in [-0.2, -0.15) is 0 Å². The van der Waals surface area contributed by atoms with E-state index in [0.29, 0.717) is 22.3 Å². The van der Waals surface area contributed by atoms with Gasteiger partial charge >= 0.3 is 6.36 Å². The third-order valence-corrected chi connectivity index (χ3v) is 3.05. The molecular formula is C14H12F3N3O3. The number of nitrogens with zero attached hydrogens (tertiary/aromatic N) is 1. The monoisotopic (exact) mass is 327 g/mol. The zero-order valence-corrected chi connectivity index (χ0v) is 11.7. The summed E-state index contributed by atoms with van der Waals surface area (Å²) in [4.78, 5) is 2.99. The molecule has 1 aromatic carbocycles. The van der Waals surface area contributed by atoms with Crippen molar-refractivity contribution in [2.45, 2.75) is 19.5 Å². The number of fused-ring (bicyclic) bond motifs is 1. The Balaban J connectivity index is 1.95. The molecule has 2 heterocycles. The molecule has 0 fully saturated rings. The number of aromatic amines is 1. The molecule has 3 aromatic rings. The van der Waals surface area contributed by atoms with Crippen LogP contribution in [-0.4, -0.2) is 16.5 Å². The van der Waals surface area contributed by atoms with Crippen LogP contribution in [0.15, 0.2) is 35.1 Å². The van der Waals surface area contributed by atoms with Gasteiger partial charge in [0.25, 0.3) is 0 Å². The van der Waals surface area contributed by atoms with Crippen molar-refractivity contribution in [3.05, 3.63) is 41.9 Å². The smallest absolute Gasteiger partial charge is 0.483 e. The summed E-state index contributed by atoms with van der Waals surface area (Å²) >= 11 is 0. The standard InChI is InChI=1S/C14H12F3N3O3/c15-14(16,17)23-13-4-8-3-10(6-18)19-11(8)5-12(13)21-7-9-1-2-22-20-9/h1-5,19H,6-7,18H2. The summed E-state index contributed by atoms with van der Waals surface area (Å²) in [5, 5.41) is 4.17. The summed E-state index contributed by atoms with van der Waals surface area (Å²) in [6.45, 7) is 0.181. The number of alkyl halides is 3. The van der Waals surface area contributed by atoms with E-state index in [2.05, 4.69) is 19.4 Å². The summed E-state index contributed by atoms with van der Waals surface area (Å²) in [7, 11) is 0. The second-order valence-corrected chi connectivity index (χ2v) is 4.71. The molecule has 3 N–H and O–H groups in total. The molecule has 0 atom stereocenters. The third-order valence-electron chi connectivity index (χ3n) is 3.05. The number of benzene rings is 1. The van der Waals surface area contributed by atoms with Crippen molar-refractivity contribution in [3.8, 4) is 11.5 Å². The van der Waals surface area contributed by atoms with E-state index in [0.717, 1.165) is 0 Å². The molecule has 3 rings (SSSR count). The number of halogens is 3. The van der Waals surface area contributed by atoms with E-state index in [4.69, 9.17) is 10.5 Å². The molecule has 0 aliphatic rings. The van der Waals surface area contributed by atoms with Crippen LogP contribution in [0, 0.1) is 0 Å². The Labute approximate surface area is 128 Å². The van der Waals surface area contributed by atoms with E-state index < -0.39 is 12.1 Å². The summed E-state index contributed by atoms with van der Waals surface area (Å²) in [6.07, 6.45) is -3.49. The largest absolute Gasteiger partial charge is 0.573 e. The lowest BCUT2D eigenvalue weighted by atomic mass is 10.2. The molecule has 9 heteroatoms. The number of ether oxygens (including phenoxy) is 2. The highest BCUT2D eigenvalue weighted by Crippen LogP contribution is 2.36. The molecule has 0 amide bonds. The van der Waals surface area contributed by atoms with Gasteiger partial charge in [-0.05, 0) is 12.1 Å². The predicted molar refractivity (Wildman–Crippen MR) is 73.7 cm³/mol. The van der Waals surface area contributed by atoms with Crippen LogP contribution in [0.5, 0.6) is 11.5 Å². The minimum atomic E-state index is -4.83. The van der Waals surface area contributed by atoms with E-state index in [1.807, 2.05) is 0 Å². The second-order valence-electron chi connectivity index (χ2n) is 4.71. The van der Waals surface area contributed by atoms with Crippen molar-refractivity contribution in [1.82, 2.24) is 10.1 Å². The minimum Gasteiger partial charge on any atom is -0.483 e. The van der Waals surface area contributed by atoms with Crippen molar-refractivity contribution in [3.63, 3.8) is 0 Å². The maximum absolute atomic E-state index is 12.6. The van der Waals surface area contributed by atoms with Gasteiger partial charge in [-0.1, -0.05) is 5.16 Å². The van der Waals surface area contributed by atoms with E-state index in [1.54, 1.807) is 12.1 Å². The first-order valence-corrected chi connectivity index (χ1v) is 6.58. The zero-order chi connectivity index (χ0) is 16.4. The number of nitrogens with two attached hydrogens (primary N) is 1. The fraction of sp³-hybridized carbons (Fsp3) is 0.214. The third kappa shape index (κ3) is 3.57. The Morgan fingerprint density at radius 1 is 1.22 bits per heavy atom. The Morgan fingerprint density at radius 2 is 2.04 bits per heavy atom. The molecule has 0 aliphatic heterocycles. The molecule has 0 bridgehead atoms. The summed E-state index contributed by atoms with van der Waals surface area (Å²) < 4.78 is 51.8. The van der Waals surface area contributed by atoms with Gasteiger partial charge in [-0.3, -0.25) is 0 Å². The van der Waals surface area contributed by atoms with Gasteiger partial charge in [0, 0.05) is 35.3 Å². The van der Waals surface area contributed by atoms with E-state index in [9.17, 15) is 13.2 Å². The first-order chi connectivity index (χ1) is 10.9. The maximum atomic E-state index is 12.6. The fourth-order valence-corrected chi connectivity index (χ4v) is 2.09. The molecule has 6 nitrogen and oxygen atoms in total.